The van der Waals surface area contributed by atoms with E-state index in [-0.39, 0.29) is 24.4 Å². The number of aromatic nitrogens is 2. The minimum atomic E-state index is -4.45. The number of unbranched alkanes of at least 4 members (excludes halogenated alkanes) is 11. The van der Waals surface area contributed by atoms with Gasteiger partial charge in [0, 0.05) is 12.6 Å². The highest BCUT2D eigenvalue weighted by Gasteiger charge is 2.20. The van der Waals surface area contributed by atoms with E-state index in [1.54, 1.807) is 12.1 Å². The van der Waals surface area contributed by atoms with Gasteiger partial charge in [0.25, 0.3) is 7.82 Å². The number of quaternary nitrogens is 1. The van der Waals surface area contributed by atoms with Gasteiger partial charge < -0.3 is 34.6 Å². The first-order valence-corrected chi connectivity index (χ1v) is 17.0. The van der Waals surface area contributed by atoms with Crippen molar-refractivity contribution in [3.8, 4) is 0 Å². The fourth-order valence-corrected chi connectivity index (χ4v) is 5.20. The Morgan fingerprint density at radius 3 is 2.23 bits per heavy atom. The van der Waals surface area contributed by atoms with Crippen LogP contribution in [0.2, 0.25) is 0 Å². The molecular formula is C29H51N6O8P. The van der Waals surface area contributed by atoms with Gasteiger partial charge in [-0.25, -0.2) is 4.63 Å². The van der Waals surface area contributed by atoms with Crippen molar-refractivity contribution in [2.24, 2.45) is 5.73 Å². The number of hydrogen-bond acceptors (Lipinski definition) is 12. The van der Waals surface area contributed by atoms with Crippen molar-refractivity contribution in [2.45, 2.75) is 89.2 Å². The normalized spacial score (nSPS) is 15.0. The number of fused-ring (bicyclic) bond motifs is 1. The number of likely N-dealkylation sites (N-methyl/N-ethyl adjacent to an activating group) is 1. The zero-order valence-electron chi connectivity index (χ0n) is 26.4. The Kier molecular flexibility index (Phi) is 17.0. The molecule has 0 bridgehead atoms. The van der Waals surface area contributed by atoms with E-state index in [0.29, 0.717) is 22.2 Å². The summed E-state index contributed by atoms with van der Waals surface area (Å²) in [5.74, 6) is 0. The second-order valence-electron chi connectivity index (χ2n) is 12.1. The number of non-ortho nitro benzene ring substituents is 1. The van der Waals surface area contributed by atoms with Crippen LogP contribution < -0.4 is 15.9 Å². The van der Waals surface area contributed by atoms with Gasteiger partial charge in [-0.1, -0.05) is 69.9 Å². The molecule has 0 spiro atoms. The molecule has 2 rings (SSSR count). The zero-order chi connectivity index (χ0) is 32.4. The van der Waals surface area contributed by atoms with E-state index in [4.69, 9.17) is 14.8 Å². The Morgan fingerprint density at radius 2 is 1.61 bits per heavy atom. The van der Waals surface area contributed by atoms with Crippen molar-refractivity contribution >= 4 is 30.2 Å². The summed E-state index contributed by atoms with van der Waals surface area (Å²) >= 11 is 0. The van der Waals surface area contributed by atoms with Gasteiger partial charge in [-0.3, -0.25) is 14.7 Å². The number of aliphatic hydroxyl groups excluding tert-OH is 1. The van der Waals surface area contributed by atoms with E-state index >= 15 is 0 Å². The number of aliphatic hydroxyl groups is 1. The number of allylic oxidation sites excluding steroid dienone is 1. The Morgan fingerprint density at radius 1 is 1.02 bits per heavy atom. The lowest BCUT2D eigenvalue weighted by Crippen LogP contribution is -2.39. The fraction of sp³-hybridized carbons (Fsp3) is 0.724. The average molecular weight is 643 g/mol. The summed E-state index contributed by atoms with van der Waals surface area (Å²) in [6.07, 6.45) is 16.1. The molecule has 0 radical (unpaired) electrons. The zero-order valence-corrected chi connectivity index (χ0v) is 27.3. The van der Waals surface area contributed by atoms with Gasteiger partial charge in [-0.15, -0.1) is 0 Å². The highest BCUT2D eigenvalue weighted by Crippen LogP contribution is 2.38. The first kappa shape index (κ1) is 37.7. The van der Waals surface area contributed by atoms with Crippen LogP contribution in [0.1, 0.15) is 77.0 Å². The number of nitrogens with two attached hydrogens (primary N) is 1. The number of nitro groups is 1. The molecule has 0 fully saturated rings. The van der Waals surface area contributed by atoms with E-state index in [1.807, 2.05) is 27.2 Å². The Balaban J connectivity index is 1.40. The molecular weight excluding hydrogens is 591 g/mol. The maximum absolute atomic E-state index is 11.8. The van der Waals surface area contributed by atoms with Crippen LogP contribution in [0.5, 0.6) is 0 Å². The third-order valence-corrected chi connectivity index (χ3v) is 8.13. The molecule has 14 nitrogen and oxygen atoms in total. The predicted octanol–water partition coefficient (Wildman–Crippen LogP) is 4.68. The van der Waals surface area contributed by atoms with E-state index in [1.165, 1.54) is 51.0 Å². The molecule has 2 aromatic rings. The summed E-state index contributed by atoms with van der Waals surface area (Å²) < 4.78 is 26.7. The van der Waals surface area contributed by atoms with E-state index in [0.717, 1.165) is 38.6 Å². The van der Waals surface area contributed by atoms with Crippen LogP contribution in [-0.4, -0.2) is 84.4 Å². The maximum Gasteiger partial charge on any atom is 0.300 e. The lowest BCUT2D eigenvalue weighted by molar-refractivity contribution is -0.870. The Bertz CT molecular complexity index is 1190. The quantitative estimate of drug-likeness (QED) is 0.0338. The van der Waals surface area contributed by atoms with Gasteiger partial charge in [0.05, 0.1) is 50.5 Å². The Hall–Kier alpha value is -2.45. The molecule has 250 valence electrons. The second-order valence-corrected chi connectivity index (χ2v) is 13.5. The number of nitro benzene ring substituents is 1. The summed E-state index contributed by atoms with van der Waals surface area (Å²) in [4.78, 5) is 22.4. The molecule has 1 aromatic carbocycles. The largest absolute Gasteiger partial charge is 0.756 e. The number of nitrogens with one attached hydrogen (secondary N) is 1. The van der Waals surface area contributed by atoms with Crippen LogP contribution in [0.25, 0.3) is 11.0 Å². The summed E-state index contributed by atoms with van der Waals surface area (Å²) in [6, 6.07) is 2.20. The molecule has 0 aliphatic carbocycles. The van der Waals surface area contributed by atoms with Gasteiger partial charge >= 0.3 is 5.69 Å². The molecule has 44 heavy (non-hydrogen) atoms. The number of phosphoric acid groups is 1. The molecule has 4 N–H and O–H groups in total. The van der Waals surface area contributed by atoms with E-state index < -0.39 is 24.9 Å². The second kappa shape index (κ2) is 19.8. The van der Waals surface area contributed by atoms with Gasteiger partial charge in [-0.05, 0) is 35.6 Å². The molecule has 0 aliphatic rings. The maximum atomic E-state index is 11.8. The topological polar surface area (TPSA) is 199 Å². The minimum Gasteiger partial charge on any atom is -0.756 e. The van der Waals surface area contributed by atoms with Crippen LogP contribution in [0.15, 0.2) is 28.9 Å². The number of benzene rings is 1. The molecule has 15 heteroatoms. The van der Waals surface area contributed by atoms with Crippen LogP contribution in [-0.2, 0) is 13.6 Å². The molecule has 3 atom stereocenters. The number of phosphoric ester groups is 1. The van der Waals surface area contributed by atoms with Crippen molar-refractivity contribution in [3.05, 3.63) is 34.4 Å². The minimum absolute atomic E-state index is 0.0184. The number of rotatable bonds is 25. The number of hydrogen-bond donors (Lipinski definition) is 3. The van der Waals surface area contributed by atoms with E-state index in [9.17, 15) is 24.7 Å². The molecule has 1 heterocycles. The van der Waals surface area contributed by atoms with E-state index in [2.05, 4.69) is 20.3 Å². The number of anilines is 1. The van der Waals surface area contributed by atoms with Crippen LogP contribution in [0, 0.1) is 10.1 Å². The lowest BCUT2D eigenvalue weighted by atomic mass is 10.0. The third-order valence-electron chi connectivity index (χ3n) is 7.16. The molecule has 0 saturated carbocycles. The van der Waals surface area contributed by atoms with Gasteiger partial charge in [0.15, 0.2) is 5.52 Å². The average Bonchev–Trinajstić information content (AvgIpc) is 3.45. The van der Waals surface area contributed by atoms with Crippen LogP contribution >= 0.6 is 7.82 Å². The van der Waals surface area contributed by atoms with Crippen LogP contribution in [0.3, 0.4) is 0 Å². The monoisotopic (exact) mass is 642 g/mol. The van der Waals surface area contributed by atoms with Crippen molar-refractivity contribution < 1.29 is 37.6 Å². The van der Waals surface area contributed by atoms with Gasteiger partial charge in [0.2, 0.25) is 5.52 Å². The standard InChI is InChI=1S/C29H51N6O8P/c1-35(2,3)21-22-41-44(39,40)42-23-24(30)27(36)17-15-13-11-9-7-5-4-6-8-10-12-14-16-20-31-25-18-19-26(34(37)38)29-28(25)32-43-33-29/h15,17-19,24,27,31,36H,4-14,16,20-23,30H2,1-3H3/b17-15+/t24-,27+/m0/s1. The summed E-state index contributed by atoms with van der Waals surface area (Å²) in [7, 11) is 1.33. The Labute approximate surface area is 260 Å². The van der Waals surface area contributed by atoms with Crippen molar-refractivity contribution in [1.29, 1.82) is 0 Å². The molecule has 0 saturated heterocycles. The molecule has 0 aliphatic heterocycles. The summed E-state index contributed by atoms with van der Waals surface area (Å²) in [5.41, 5.74) is 6.97. The van der Waals surface area contributed by atoms with Crippen molar-refractivity contribution in [1.82, 2.24) is 10.3 Å². The van der Waals surface area contributed by atoms with Crippen molar-refractivity contribution in [2.75, 3.05) is 52.8 Å². The highest BCUT2D eigenvalue weighted by atomic mass is 31.2. The predicted molar refractivity (Wildman–Crippen MR) is 168 cm³/mol. The lowest BCUT2D eigenvalue weighted by Gasteiger charge is -2.28. The fourth-order valence-electron chi connectivity index (χ4n) is 4.46. The molecule has 0 amide bonds. The van der Waals surface area contributed by atoms with Gasteiger partial charge in [0.1, 0.15) is 13.2 Å². The molecule has 1 aromatic heterocycles. The molecule has 1 unspecified atom stereocenters. The summed E-state index contributed by atoms with van der Waals surface area (Å²) in [5, 5.41) is 31.9. The first-order chi connectivity index (χ1) is 20.9. The van der Waals surface area contributed by atoms with Gasteiger partial charge in [-0.2, -0.15) is 0 Å². The SMILES string of the molecule is C[N+](C)(C)CCOP(=O)([O-])OC[C@H](N)[C@H](O)/C=C/CCCCCCCCCCCCCNc1ccc([N+](=O)[O-])c2nonc12. The number of nitrogens with zero attached hydrogens (tertiary/aromatic N) is 4. The first-order valence-electron chi connectivity index (χ1n) is 15.5. The highest BCUT2D eigenvalue weighted by molar-refractivity contribution is 7.45. The third kappa shape index (κ3) is 15.5. The smallest absolute Gasteiger partial charge is 0.300 e. The van der Waals surface area contributed by atoms with Crippen molar-refractivity contribution in [3.63, 3.8) is 0 Å². The van der Waals surface area contributed by atoms with Crippen LogP contribution in [0.4, 0.5) is 11.4 Å². The summed E-state index contributed by atoms with van der Waals surface area (Å²) in [6.45, 7) is 0.943.